The van der Waals surface area contributed by atoms with Crippen molar-refractivity contribution in [3.8, 4) is 5.75 Å². The van der Waals surface area contributed by atoms with Gasteiger partial charge in [-0.25, -0.2) is 0 Å². The molecule has 0 spiro atoms. The zero-order valence-electron chi connectivity index (χ0n) is 11.6. The lowest BCUT2D eigenvalue weighted by Gasteiger charge is -2.34. The molecule has 104 valence electrons. The number of aromatic hydroxyl groups is 1. The van der Waals surface area contributed by atoms with Crippen LogP contribution in [0.15, 0.2) is 24.3 Å². The van der Waals surface area contributed by atoms with Gasteiger partial charge in [-0.1, -0.05) is 12.1 Å². The van der Waals surface area contributed by atoms with Gasteiger partial charge in [-0.2, -0.15) is 0 Å². The molecule has 1 aromatic carbocycles. The van der Waals surface area contributed by atoms with Gasteiger partial charge in [0.25, 0.3) is 0 Å². The van der Waals surface area contributed by atoms with Crippen LogP contribution in [0.2, 0.25) is 0 Å². The van der Waals surface area contributed by atoms with E-state index in [0.29, 0.717) is 11.9 Å². The van der Waals surface area contributed by atoms with Crippen molar-refractivity contribution in [2.24, 2.45) is 11.3 Å². The molecule has 1 aliphatic carbocycles. The third-order valence-corrected chi connectivity index (χ3v) is 4.57. The van der Waals surface area contributed by atoms with Crippen LogP contribution >= 0.6 is 0 Å². The zero-order valence-corrected chi connectivity index (χ0v) is 11.6. The van der Waals surface area contributed by atoms with Crippen molar-refractivity contribution in [2.75, 3.05) is 20.2 Å². The first-order valence-electron chi connectivity index (χ1n) is 7.28. The molecule has 1 saturated carbocycles. The fraction of sp³-hybridized carbons (Fsp3) is 0.625. The minimum atomic E-state index is 0.229. The second-order valence-corrected chi connectivity index (χ2v) is 6.11. The molecule has 3 heteroatoms. The summed E-state index contributed by atoms with van der Waals surface area (Å²) in [6.45, 7) is 1.90. The Kier molecular flexibility index (Phi) is 3.50. The van der Waals surface area contributed by atoms with Crippen LogP contribution in [0.3, 0.4) is 0 Å². The Morgan fingerprint density at radius 3 is 2.68 bits per heavy atom. The number of benzene rings is 1. The normalized spacial score (nSPS) is 30.7. The van der Waals surface area contributed by atoms with Gasteiger partial charge < -0.3 is 15.2 Å². The Labute approximate surface area is 115 Å². The van der Waals surface area contributed by atoms with Gasteiger partial charge in [-0.15, -0.1) is 0 Å². The van der Waals surface area contributed by atoms with Crippen molar-refractivity contribution in [1.82, 2.24) is 5.32 Å². The van der Waals surface area contributed by atoms with Crippen molar-refractivity contribution in [3.63, 3.8) is 0 Å². The average Bonchev–Trinajstić information content (AvgIpc) is 3.16. The summed E-state index contributed by atoms with van der Waals surface area (Å²) < 4.78 is 6.05. The van der Waals surface area contributed by atoms with Crippen LogP contribution in [-0.4, -0.2) is 31.4 Å². The summed E-state index contributed by atoms with van der Waals surface area (Å²) in [5.74, 6) is 1.11. The number of rotatable bonds is 5. The van der Waals surface area contributed by atoms with E-state index in [1.807, 2.05) is 19.2 Å². The highest BCUT2D eigenvalue weighted by Crippen LogP contribution is 2.49. The molecule has 19 heavy (non-hydrogen) atoms. The minimum absolute atomic E-state index is 0.229. The van der Waals surface area contributed by atoms with Gasteiger partial charge in [0.1, 0.15) is 5.75 Å². The highest BCUT2D eigenvalue weighted by Gasteiger charge is 2.50. The Morgan fingerprint density at radius 1 is 1.32 bits per heavy atom. The lowest BCUT2D eigenvalue weighted by Crippen LogP contribution is -2.42. The molecule has 2 unspecified atom stereocenters. The van der Waals surface area contributed by atoms with Crippen LogP contribution in [-0.2, 0) is 11.2 Å². The van der Waals surface area contributed by atoms with Crippen molar-refractivity contribution < 1.29 is 9.84 Å². The SMILES string of the molecule is CNCC1(Cc2ccc(O)cc2)CCOC1C1CC1. The van der Waals surface area contributed by atoms with Crippen molar-refractivity contribution >= 4 is 0 Å². The molecule has 2 atom stereocenters. The largest absolute Gasteiger partial charge is 0.508 e. The molecule has 0 bridgehead atoms. The molecular weight excluding hydrogens is 238 g/mol. The van der Waals surface area contributed by atoms with Crippen molar-refractivity contribution in [1.29, 1.82) is 0 Å². The number of phenols is 1. The van der Waals surface area contributed by atoms with Gasteiger partial charge in [0.15, 0.2) is 0 Å². The summed E-state index contributed by atoms with van der Waals surface area (Å²) in [5, 5.41) is 12.8. The van der Waals surface area contributed by atoms with Crippen LogP contribution in [0.5, 0.6) is 5.75 Å². The van der Waals surface area contributed by atoms with E-state index in [9.17, 15) is 5.11 Å². The fourth-order valence-electron chi connectivity index (χ4n) is 3.56. The summed E-state index contributed by atoms with van der Waals surface area (Å²) in [7, 11) is 2.03. The van der Waals surface area contributed by atoms with E-state index in [-0.39, 0.29) is 5.41 Å². The molecule has 2 N–H and O–H groups in total. The predicted octanol–water partition coefficient (Wildman–Crippen LogP) is 2.34. The highest BCUT2D eigenvalue weighted by molar-refractivity contribution is 5.27. The van der Waals surface area contributed by atoms with E-state index in [1.54, 1.807) is 12.1 Å². The molecule has 0 aromatic heterocycles. The van der Waals surface area contributed by atoms with Gasteiger partial charge in [0.05, 0.1) is 6.10 Å². The molecule has 2 fully saturated rings. The third kappa shape index (κ3) is 2.63. The monoisotopic (exact) mass is 261 g/mol. The Hall–Kier alpha value is -1.06. The van der Waals surface area contributed by atoms with Crippen LogP contribution in [0.1, 0.15) is 24.8 Å². The van der Waals surface area contributed by atoms with E-state index in [0.717, 1.165) is 31.9 Å². The van der Waals surface area contributed by atoms with Gasteiger partial charge >= 0.3 is 0 Å². The van der Waals surface area contributed by atoms with Gasteiger partial charge in [0, 0.05) is 18.6 Å². The molecule has 3 nitrogen and oxygen atoms in total. The Morgan fingerprint density at radius 2 is 2.05 bits per heavy atom. The second-order valence-electron chi connectivity index (χ2n) is 6.11. The van der Waals surface area contributed by atoms with Crippen LogP contribution < -0.4 is 5.32 Å². The molecule has 3 rings (SSSR count). The lowest BCUT2D eigenvalue weighted by molar-refractivity contribution is 0.0314. The maximum Gasteiger partial charge on any atom is 0.115 e. The Balaban J connectivity index is 1.81. The van der Waals surface area contributed by atoms with Crippen LogP contribution in [0.4, 0.5) is 0 Å². The van der Waals surface area contributed by atoms with E-state index < -0.39 is 0 Å². The van der Waals surface area contributed by atoms with Gasteiger partial charge in [-0.05, 0) is 56.3 Å². The zero-order chi connectivity index (χ0) is 13.3. The van der Waals surface area contributed by atoms with E-state index in [4.69, 9.17) is 4.74 Å². The quantitative estimate of drug-likeness (QED) is 0.855. The fourth-order valence-corrected chi connectivity index (χ4v) is 3.56. The van der Waals surface area contributed by atoms with Crippen LogP contribution in [0, 0.1) is 11.3 Å². The average molecular weight is 261 g/mol. The number of nitrogens with one attached hydrogen (secondary N) is 1. The maximum atomic E-state index is 9.40. The van der Waals surface area contributed by atoms with E-state index in [1.165, 1.54) is 18.4 Å². The summed E-state index contributed by atoms with van der Waals surface area (Å²) in [6, 6.07) is 7.64. The summed E-state index contributed by atoms with van der Waals surface area (Å²) in [5.41, 5.74) is 1.52. The first kappa shape index (κ1) is 12.9. The molecule has 2 aliphatic rings. The van der Waals surface area contributed by atoms with Gasteiger partial charge in [-0.3, -0.25) is 0 Å². The second kappa shape index (κ2) is 5.14. The molecule has 1 saturated heterocycles. The Bertz CT molecular complexity index is 427. The molecule has 0 amide bonds. The number of hydrogen-bond donors (Lipinski definition) is 2. The molecule has 0 radical (unpaired) electrons. The maximum absolute atomic E-state index is 9.40. The summed E-state index contributed by atoms with van der Waals surface area (Å²) >= 11 is 0. The predicted molar refractivity (Wildman–Crippen MR) is 75.3 cm³/mol. The topological polar surface area (TPSA) is 41.5 Å². The van der Waals surface area contributed by atoms with E-state index >= 15 is 0 Å². The number of phenolic OH excluding ortho intramolecular Hbond substituents is 1. The summed E-state index contributed by atoms with van der Waals surface area (Å²) in [6.07, 6.45) is 5.23. The highest BCUT2D eigenvalue weighted by atomic mass is 16.5. The number of hydrogen-bond acceptors (Lipinski definition) is 3. The molecule has 1 heterocycles. The van der Waals surface area contributed by atoms with E-state index in [2.05, 4.69) is 5.32 Å². The van der Waals surface area contributed by atoms with Crippen molar-refractivity contribution in [3.05, 3.63) is 29.8 Å². The van der Waals surface area contributed by atoms with Gasteiger partial charge in [0.2, 0.25) is 0 Å². The standard InChI is InChI=1S/C16H23NO2/c1-17-11-16(8-9-19-15(16)13-4-5-13)10-12-2-6-14(18)7-3-12/h2-3,6-7,13,15,17-18H,4-5,8-11H2,1H3. The molecular formula is C16H23NO2. The molecule has 1 aromatic rings. The molecule has 1 aliphatic heterocycles. The summed E-state index contributed by atoms with van der Waals surface area (Å²) in [4.78, 5) is 0. The lowest BCUT2D eigenvalue weighted by atomic mass is 9.74. The smallest absolute Gasteiger partial charge is 0.115 e. The van der Waals surface area contributed by atoms with Crippen LogP contribution in [0.25, 0.3) is 0 Å². The third-order valence-electron chi connectivity index (χ3n) is 4.57. The first-order valence-corrected chi connectivity index (χ1v) is 7.28. The number of ether oxygens (including phenoxy) is 1. The first-order chi connectivity index (χ1) is 9.23. The van der Waals surface area contributed by atoms with Crippen molar-refractivity contribution in [2.45, 2.75) is 31.8 Å². The minimum Gasteiger partial charge on any atom is -0.508 e.